The minimum absolute atomic E-state index is 0.614. The Morgan fingerprint density at radius 1 is 0.969 bits per heavy atom. The number of anilines is 1. The zero-order valence-corrected chi connectivity index (χ0v) is 18.1. The molecular weight excluding hydrogens is 398 g/mol. The number of nitrogens with one attached hydrogen (secondary N) is 1. The number of hydrogen-bond acceptors (Lipinski definition) is 5. The Labute approximate surface area is 185 Å². The summed E-state index contributed by atoms with van der Waals surface area (Å²) in [5.74, 6) is 2.81. The number of aromatic nitrogens is 4. The Morgan fingerprint density at radius 3 is 2.78 bits per heavy atom. The third-order valence-corrected chi connectivity index (χ3v) is 6.12. The number of aryl methyl sites for hydroxylation is 2. The van der Waals surface area contributed by atoms with Crippen LogP contribution in [0, 0.1) is 13.8 Å². The molecule has 6 rings (SSSR count). The van der Waals surface area contributed by atoms with Crippen molar-refractivity contribution in [2.45, 2.75) is 20.4 Å². The fourth-order valence-corrected chi connectivity index (χ4v) is 4.54. The molecule has 158 valence electrons. The van der Waals surface area contributed by atoms with Gasteiger partial charge in [0.2, 0.25) is 0 Å². The van der Waals surface area contributed by atoms with Crippen molar-refractivity contribution in [2.24, 2.45) is 0 Å². The summed E-state index contributed by atoms with van der Waals surface area (Å²) in [4.78, 5) is 19.3. The second kappa shape index (κ2) is 7.34. The molecule has 5 aromatic rings. The molecule has 0 radical (unpaired) electrons. The van der Waals surface area contributed by atoms with Crippen LogP contribution in [0.5, 0.6) is 5.75 Å². The predicted octanol–water partition coefficient (Wildman–Crippen LogP) is 5.19. The molecule has 1 aliphatic heterocycles. The van der Waals surface area contributed by atoms with E-state index < -0.39 is 0 Å². The number of aromatic amines is 1. The number of imidazole rings is 1. The number of fused-ring (bicyclic) bond motifs is 3. The van der Waals surface area contributed by atoms with Crippen molar-refractivity contribution in [3.05, 3.63) is 77.9 Å². The van der Waals surface area contributed by atoms with E-state index in [1.807, 2.05) is 6.92 Å². The fraction of sp³-hybridized carbons (Fsp3) is 0.192. The Kier molecular flexibility index (Phi) is 4.31. The van der Waals surface area contributed by atoms with Crippen LogP contribution < -0.4 is 9.64 Å². The Morgan fingerprint density at radius 2 is 1.84 bits per heavy atom. The molecule has 0 fully saturated rings. The van der Waals surface area contributed by atoms with Crippen molar-refractivity contribution in [3.63, 3.8) is 0 Å². The molecule has 2 aromatic heterocycles. The average molecular weight is 422 g/mol. The molecule has 3 aromatic carbocycles. The number of nitrogens with zero attached hydrogens (tertiary/aromatic N) is 4. The fourth-order valence-electron chi connectivity index (χ4n) is 4.54. The summed E-state index contributed by atoms with van der Waals surface area (Å²) in [7, 11) is 0. The third-order valence-electron chi connectivity index (χ3n) is 6.12. The molecule has 0 saturated heterocycles. The van der Waals surface area contributed by atoms with Crippen LogP contribution in [0.25, 0.3) is 33.1 Å². The lowest BCUT2D eigenvalue weighted by molar-refractivity contribution is 0.331. The third kappa shape index (κ3) is 3.15. The highest BCUT2D eigenvalue weighted by Crippen LogP contribution is 2.33. The normalized spacial score (nSPS) is 13.8. The van der Waals surface area contributed by atoms with Crippen LogP contribution >= 0.6 is 0 Å². The van der Waals surface area contributed by atoms with Crippen molar-refractivity contribution in [1.29, 1.82) is 0 Å². The first-order valence-electron chi connectivity index (χ1n) is 10.8. The van der Waals surface area contributed by atoms with Gasteiger partial charge in [0.15, 0.2) is 0 Å². The smallest absolute Gasteiger partial charge is 0.140 e. The number of para-hydroxylation sites is 1. The first-order valence-corrected chi connectivity index (χ1v) is 10.8. The first-order chi connectivity index (χ1) is 15.7. The van der Waals surface area contributed by atoms with Crippen LogP contribution in [-0.2, 0) is 6.54 Å². The monoisotopic (exact) mass is 421 g/mol. The highest BCUT2D eigenvalue weighted by molar-refractivity contribution is 5.91. The van der Waals surface area contributed by atoms with Crippen molar-refractivity contribution < 1.29 is 4.74 Å². The second-order valence-electron chi connectivity index (χ2n) is 8.32. The van der Waals surface area contributed by atoms with E-state index in [2.05, 4.69) is 86.4 Å². The van der Waals surface area contributed by atoms with E-state index in [1.54, 1.807) is 6.33 Å². The Balaban J connectivity index is 1.40. The summed E-state index contributed by atoms with van der Waals surface area (Å²) in [5.41, 5.74) is 7.66. The number of rotatable bonds is 2. The first kappa shape index (κ1) is 18.8. The quantitative estimate of drug-likeness (QED) is 0.425. The molecule has 0 aliphatic carbocycles. The van der Waals surface area contributed by atoms with Crippen molar-refractivity contribution in [2.75, 3.05) is 18.1 Å². The standard InChI is InChI=1S/C26H23N5O/c1-16-4-3-5-21-25(16)27-15-28-26(21)31-10-11-32-24-9-7-18(12-20(24)14-31)19-6-8-22-23(13-19)30-17(2)29-22/h3-9,12-13,15H,10-11,14H2,1-2H3,(H,29,30). The minimum Gasteiger partial charge on any atom is -0.491 e. The van der Waals surface area contributed by atoms with Gasteiger partial charge in [0.25, 0.3) is 0 Å². The van der Waals surface area contributed by atoms with Gasteiger partial charge in [-0.05, 0) is 60.9 Å². The summed E-state index contributed by atoms with van der Waals surface area (Å²) in [6, 6.07) is 19.0. The summed E-state index contributed by atoms with van der Waals surface area (Å²) < 4.78 is 6.10. The van der Waals surface area contributed by atoms with Gasteiger partial charge < -0.3 is 14.6 Å². The molecule has 6 heteroatoms. The van der Waals surface area contributed by atoms with Crippen LogP contribution in [-0.4, -0.2) is 33.1 Å². The topological polar surface area (TPSA) is 66.9 Å². The maximum atomic E-state index is 6.10. The van der Waals surface area contributed by atoms with Crippen LogP contribution in [0.15, 0.2) is 60.9 Å². The van der Waals surface area contributed by atoms with Gasteiger partial charge in [0.05, 0.1) is 23.1 Å². The van der Waals surface area contributed by atoms with Gasteiger partial charge in [-0.3, -0.25) is 0 Å². The van der Waals surface area contributed by atoms with Crippen LogP contribution in [0.2, 0.25) is 0 Å². The maximum absolute atomic E-state index is 6.10. The maximum Gasteiger partial charge on any atom is 0.140 e. The van der Waals surface area contributed by atoms with E-state index in [0.717, 1.165) is 74.7 Å². The Hall–Kier alpha value is -3.93. The van der Waals surface area contributed by atoms with Gasteiger partial charge >= 0.3 is 0 Å². The van der Waals surface area contributed by atoms with Crippen molar-refractivity contribution >= 4 is 27.8 Å². The van der Waals surface area contributed by atoms with Crippen LogP contribution in [0.3, 0.4) is 0 Å². The van der Waals surface area contributed by atoms with Gasteiger partial charge in [-0.2, -0.15) is 0 Å². The van der Waals surface area contributed by atoms with E-state index in [9.17, 15) is 0 Å². The van der Waals surface area contributed by atoms with Crippen molar-refractivity contribution in [1.82, 2.24) is 19.9 Å². The van der Waals surface area contributed by atoms with Gasteiger partial charge in [0.1, 0.15) is 30.3 Å². The average Bonchev–Trinajstić information content (AvgIpc) is 3.05. The van der Waals surface area contributed by atoms with Gasteiger partial charge in [-0.15, -0.1) is 0 Å². The Bertz CT molecular complexity index is 1470. The van der Waals surface area contributed by atoms with Gasteiger partial charge in [-0.25, -0.2) is 15.0 Å². The lowest BCUT2D eigenvalue weighted by Gasteiger charge is -2.22. The second-order valence-corrected chi connectivity index (χ2v) is 8.32. The molecule has 0 amide bonds. The molecule has 0 saturated carbocycles. The highest BCUT2D eigenvalue weighted by atomic mass is 16.5. The molecule has 1 N–H and O–H groups in total. The number of H-pyrrole nitrogens is 1. The molecule has 1 aliphatic rings. The molecule has 6 nitrogen and oxygen atoms in total. The van der Waals surface area contributed by atoms with Crippen LogP contribution in [0.4, 0.5) is 5.82 Å². The lowest BCUT2D eigenvalue weighted by Crippen LogP contribution is -2.26. The SMILES string of the molecule is Cc1nc2ccc(-c3ccc4c(c3)CN(c3ncnc5c(C)cccc35)CCO4)cc2[nH]1. The van der Waals surface area contributed by atoms with Gasteiger partial charge in [0, 0.05) is 17.5 Å². The highest BCUT2D eigenvalue weighted by Gasteiger charge is 2.20. The summed E-state index contributed by atoms with van der Waals surface area (Å²) in [5, 5.41) is 1.08. The van der Waals surface area contributed by atoms with Crippen LogP contribution in [0.1, 0.15) is 17.0 Å². The zero-order valence-electron chi connectivity index (χ0n) is 18.1. The number of benzene rings is 3. The molecule has 0 bridgehead atoms. The van der Waals surface area contributed by atoms with Gasteiger partial charge in [-0.1, -0.05) is 24.3 Å². The molecular formula is C26H23N5O. The van der Waals surface area contributed by atoms with E-state index in [4.69, 9.17) is 4.74 Å². The number of hydrogen-bond donors (Lipinski definition) is 1. The summed E-state index contributed by atoms with van der Waals surface area (Å²) in [6.07, 6.45) is 1.66. The minimum atomic E-state index is 0.614. The van der Waals surface area contributed by atoms with E-state index in [-0.39, 0.29) is 0 Å². The predicted molar refractivity (Wildman–Crippen MR) is 127 cm³/mol. The molecule has 0 atom stereocenters. The van der Waals surface area contributed by atoms with Crippen molar-refractivity contribution in [3.8, 4) is 16.9 Å². The summed E-state index contributed by atoms with van der Waals surface area (Å²) >= 11 is 0. The largest absolute Gasteiger partial charge is 0.491 e. The zero-order chi connectivity index (χ0) is 21.7. The molecule has 3 heterocycles. The van der Waals surface area contributed by atoms with E-state index in [0.29, 0.717) is 6.61 Å². The van der Waals surface area contributed by atoms with E-state index >= 15 is 0 Å². The lowest BCUT2D eigenvalue weighted by atomic mass is 10.0. The molecule has 0 spiro atoms. The molecule has 0 unspecified atom stereocenters. The summed E-state index contributed by atoms with van der Waals surface area (Å²) in [6.45, 7) is 6.18. The van der Waals surface area contributed by atoms with E-state index in [1.165, 1.54) is 0 Å². The number of ether oxygens (including phenoxy) is 1. The molecule has 32 heavy (non-hydrogen) atoms.